The lowest BCUT2D eigenvalue weighted by Crippen LogP contribution is -2.40. The molecule has 0 saturated carbocycles. The Morgan fingerprint density at radius 3 is 2.00 bits per heavy atom. The molecule has 3 aromatic rings. The van der Waals surface area contributed by atoms with Crippen LogP contribution in [-0.2, 0) is 46.5 Å². The predicted molar refractivity (Wildman–Crippen MR) is 146 cm³/mol. The van der Waals surface area contributed by atoms with E-state index in [-0.39, 0.29) is 11.2 Å². The topological polar surface area (TPSA) is 99.1 Å². The lowest BCUT2D eigenvalue weighted by molar-refractivity contribution is -0.265. The normalized spacial score (nSPS) is 16.8. The number of halogens is 2. The van der Waals surface area contributed by atoms with Crippen LogP contribution < -0.4 is 4.74 Å². The molecule has 1 aliphatic heterocycles. The number of ether oxygens (including phenoxy) is 3. The summed E-state index contributed by atoms with van der Waals surface area (Å²) in [4.78, 5) is 14.5. The zero-order chi connectivity index (χ0) is 29.3. The van der Waals surface area contributed by atoms with Crippen molar-refractivity contribution in [2.75, 3.05) is 13.2 Å². The van der Waals surface area contributed by atoms with Crippen molar-refractivity contribution in [2.24, 2.45) is 0 Å². The molecular weight excluding hydrogens is 562 g/mol. The quantitative estimate of drug-likeness (QED) is 0.154. The summed E-state index contributed by atoms with van der Waals surface area (Å²) >= 11 is 0. The highest BCUT2D eigenvalue weighted by molar-refractivity contribution is 7.97. The van der Waals surface area contributed by atoms with Gasteiger partial charge in [-0.25, -0.2) is 4.79 Å². The minimum atomic E-state index is -5.98. The van der Waals surface area contributed by atoms with Crippen molar-refractivity contribution < 1.29 is 40.8 Å². The minimum absolute atomic E-state index is 0.0447. The number of carbonyl (C=O) groups is 1. The summed E-state index contributed by atoms with van der Waals surface area (Å²) in [6, 6.07) is 22.0. The third kappa shape index (κ3) is 6.39. The van der Waals surface area contributed by atoms with Gasteiger partial charge in [-0.1, -0.05) is 45.0 Å². The van der Waals surface area contributed by atoms with Crippen LogP contribution in [0.1, 0.15) is 45.2 Å². The lowest BCUT2D eigenvalue weighted by atomic mass is 9.87. The Hall–Kier alpha value is -2.83. The Bertz CT molecular complexity index is 1460. The maximum atomic E-state index is 13.7. The van der Waals surface area contributed by atoms with E-state index in [0.29, 0.717) is 13.2 Å². The molecule has 11 heteroatoms. The van der Waals surface area contributed by atoms with Crippen LogP contribution in [0.3, 0.4) is 0 Å². The molecule has 1 fully saturated rings. The van der Waals surface area contributed by atoms with E-state index in [9.17, 15) is 22.0 Å². The van der Waals surface area contributed by atoms with Crippen molar-refractivity contribution in [1.82, 2.24) is 0 Å². The van der Waals surface area contributed by atoms with Gasteiger partial charge in [-0.15, -0.1) is 0 Å². The summed E-state index contributed by atoms with van der Waals surface area (Å²) < 4.78 is 74.3. The molecule has 1 heterocycles. The molecule has 0 aliphatic carbocycles. The Morgan fingerprint density at radius 1 is 0.925 bits per heavy atom. The molecule has 1 atom stereocenters. The van der Waals surface area contributed by atoms with Gasteiger partial charge in [0.25, 0.3) is 0 Å². The second kappa shape index (κ2) is 11.2. The molecule has 0 aromatic heterocycles. The summed E-state index contributed by atoms with van der Waals surface area (Å²) in [5, 5.41) is -5.09. The van der Waals surface area contributed by atoms with Crippen molar-refractivity contribution in [3.8, 4) is 5.75 Å². The van der Waals surface area contributed by atoms with Gasteiger partial charge in [-0.05, 0) is 66.8 Å². The molecule has 1 saturated heterocycles. The second-order valence-electron chi connectivity index (χ2n) is 10.5. The zero-order valence-corrected chi connectivity index (χ0v) is 24.2. The van der Waals surface area contributed by atoms with Crippen molar-refractivity contribution in [3.05, 3.63) is 83.9 Å². The number of carbonyl (C=O) groups excluding carboxylic acids is 1. The first-order chi connectivity index (χ1) is 18.6. The van der Waals surface area contributed by atoms with Crippen molar-refractivity contribution in [2.45, 2.75) is 65.3 Å². The lowest BCUT2D eigenvalue weighted by Gasteiger charge is -2.34. The number of hydrogen-bond acceptors (Lipinski definition) is 6. The maximum absolute atomic E-state index is 13.7. The van der Waals surface area contributed by atoms with Crippen molar-refractivity contribution in [3.63, 3.8) is 0 Å². The van der Waals surface area contributed by atoms with Gasteiger partial charge in [0.05, 0.1) is 24.1 Å². The molecule has 214 valence electrons. The van der Waals surface area contributed by atoms with Gasteiger partial charge in [-0.3, -0.25) is 4.55 Å². The van der Waals surface area contributed by atoms with Crippen LogP contribution in [0.5, 0.6) is 5.75 Å². The molecule has 40 heavy (non-hydrogen) atoms. The summed E-state index contributed by atoms with van der Waals surface area (Å²) in [6.45, 7) is 9.42. The predicted octanol–water partition coefficient (Wildman–Crippen LogP) is 6.08. The zero-order valence-electron chi connectivity index (χ0n) is 22.5. The monoisotopic (exact) mass is 593 g/mol. The van der Waals surface area contributed by atoms with Crippen LogP contribution in [0.15, 0.2) is 87.5 Å². The first-order valence-electron chi connectivity index (χ1n) is 12.5. The van der Waals surface area contributed by atoms with Crippen LogP contribution in [0.2, 0.25) is 0 Å². The van der Waals surface area contributed by atoms with E-state index >= 15 is 0 Å². The molecule has 0 spiro atoms. The molecule has 3 aromatic carbocycles. The van der Waals surface area contributed by atoms with E-state index in [2.05, 4.69) is 37.6 Å². The molecule has 0 radical (unpaired) electrons. The standard InChI is InChI=1S/C29H30F2O7S2/c1-27(2,3)20-9-13-23(14-10-20)39(25-8-5-7-21(19-25)28(4)36-17-6-18-37-28)24-15-11-22(12-16-24)38-26(32)29(30,31)40(33,34)35/h5,7-16,19H,6,17-18H2,1-4H3/p+1. The highest BCUT2D eigenvalue weighted by Crippen LogP contribution is 2.37. The molecule has 7 nitrogen and oxygen atoms in total. The first kappa shape index (κ1) is 30.1. The third-order valence-corrected chi connectivity index (χ3v) is 9.45. The van der Waals surface area contributed by atoms with Gasteiger partial charge in [0, 0.05) is 11.6 Å². The molecule has 1 unspecified atom stereocenters. The van der Waals surface area contributed by atoms with E-state index in [1.807, 2.05) is 43.3 Å². The van der Waals surface area contributed by atoms with Gasteiger partial charge >= 0.3 is 21.3 Å². The molecule has 0 amide bonds. The van der Waals surface area contributed by atoms with Gasteiger partial charge in [-0.2, -0.15) is 17.2 Å². The summed E-state index contributed by atoms with van der Waals surface area (Å²) in [6.07, 6.45) is 0.812. The molecular formula is C29H31F2O7S2+. The van der Waals surface area contributed by atoms with Crippen LogP contribution in [-0.4, -0.2) is 37.4 Å². The Labute approximate surface area is 235 Å². The van der Waals surface area contributed by atoms with E-state index in [1.54, 1.807) is 12.1 Å². The average Bonchev–Trinajstić information content (AvgIpc) is 2.89. The van der Waals surface area contributed by atoms with Crippen molar-refractivity contribution in [1.29, 1.82) is 0 Å². The number of hydrogen-bond donors (Lipinski definition) is 1. The number of rotatable bonds is 7. The Kier molecular flexibility index (Phi) is 8.45. The van der Waals surface area contributed by atoms with Gasteiger partial charge in [0.2, 0.25) is 0 Å². The number of esters is 1. The van der Waals surface area contributed by atoms with E-state index in [0.717, 1.165) is 32.2 Å². The van der Waals surface area contributed by atoms with E-state index in [1.165, 1.54) is 12.1 Å². The fraction of sp³-hybridized carbons (Fsp3) is 0.345. The summed E-state index contributed by atoms with van der Waals surface area (Å²) in [7, 11) is -6.65. The molecule has 4 rings (SSSR count). The van der Waals surface area contributed by atoms with Crippen LogP contribution in [0.4, 0.5) is 8.78 Å². The van der Waals surface area contributed by atoms with Crippen LogP contribution >= 0.6 is 0 Å². The SMILES string of the molecule is CC(C)(C)c1ccc([S+](c2ccc(OC(=O)C(F)(F)S(=O)(=O)O)cc2)c2cccc(C3(C)OCCCO3)c2)cc1. The smallest absolute Gasteiger partial charge is 0.421 e. The first-order valence-corrected chi connectivity index (χ1v) is 15.2. The Morgan fingerprint density at radius 2 is 1.48 bits per heavy atom. The minimum Gasteiger partial charge on any atom is -0.421 e. The van der Waals surface area contributed by atoms with E-state index in [4.69, 9.17) is 14.0 Å². The van der Waals surface area contributed by atoms with E-state index < -0.39 is 38.0 Å². The highest BCUT2D eigenvalue weighted by atomic mass is 32.2. The van der Waals surface area contributed by atoms with Crippen molar-refractivity contribution >= 4 is 27.0 Å². The summed E-state index contributed by atoms with van der Waals surface area (Å²) in [5.41, 5.74) is 1.97. The number of alkyl halides is 2. The number of benzene rings is 3. The summed E-state index contributed by atoms with van der Waals surface area (Å²) in [5.74, 6) is -3.59. The molecule has 1 aliphatic rings. The fourth-order valence-electron chi connectivity index (χ4n) is 4.12. The molecule has 1 N–H and O–H groups in total. The second-order valence-corrected chi connectivity index (χ2v) is 13.9. The van der Waals surface area contributed by atoms with Gasteiger partial charge in [0.15, 0.2) is 20.5 Å². The van der Waals surface area contributed by atoms with Gasteiger partial charge in [0.1, 0.15) is 5.75 Å². The van der Waals surface area contributed by atoms with Crippen LogP contribution in [0, 0.1) is 0 Å². The maximum Gasteiger partial charge on any atom is 0.466 e. The fourth-order valence-corrected chi connectivity index (χ4v) is 6.47. The highest BCUT2D eigenvalue weighted by Gasteiger charge is 2.54. The Balaban J connectivity index is 1.72. The largest absolute Gasteiger partial charge is 0.466 e. The van der Waals surface area contributed by atoms with Gasteiger partial charge < -0.3 is 14.2 Å². The molecule has 0 bridgehead atoms. The van der Waals surface area contributed by atoms with Crippen LogP contribution in [0.25, 0.3) is 0 Å². The average molecular weight is 594 g/mol. The third-order valence-electron chi connectivity index (χ3n) is 6.43.